The van der Waals surface area contributed by atoms with Crippen LogP contribution in [0.3, 0.4) is 0 Å². The van der Waals surface area contributed by atoms with E-state index in [9.17, 15) is 4.79 Å². The molecule has 0 aromatic carbocycles. The summed E-state index contributed by atoms with van der Waals surface area (Å²) >= 11 is 0. The monoisotopic (exact) mass is 304 g/mol. The molecule has 0 N–H and O–H groups in total. The Labute approximate surface area is 131 Å². The van der Waals surface area contributed by atoms with Gasteiger partial charge in [0.05, 0.1) is 19.3 Å². The highest BCUT2D eigenvalue weighted by molar-refractivity contribution is 5.86. The van der Waals surface area contributed by atoms with Crippen molar-refractivity contribution in [2.45, 2.75) is 38.1 Å². The number of rotatable bonds is 4. The van der Waals surface area contributed by atoms with Crippen LogP contribution in [0.2, 0.25) is 0 Å². The maximum atomic E-state index is 11.4. The van der Waals surface area contributed by atoms with Gasteiger partial charge in [0.2, 0.25) is 0 Å². The van der Waals surface area contributed by atoms with E-state index in [2.05, 4.69) is 32.1 Å². The van der Waals surface area contributed by atoms with Crippen LogP contribution in [0, 0.1) is 5.92 Å². The molecule has 1 aromatic rings. The molecule has 3 rings (SSSR count). The van der Waals surface area contributed by atoms with E-state index in [1.54, 1.807) is 6.20 Å². The summed E-state index contributed by atoms with van der Waals surface area (Å²) in [6.07, 6.45) is 12.2. The van der Waals surface area contributed by atoms with Crippen LogP contribution in [-0.4, -0.2) is 52.6 Å². The summed E-state index contributed by atoms with van der Waals surface area (Å²) in [7, 11) is 1.36. The van der Waals surface area contributed by atoms with Crippen molar-refractivity contribution in [2.24, 2.45) is 5.92 Å². The van der Waals surface area contributed by atoms with Crippen LogP contribution < -0.4 is 0 Å². The minimum Gasteiger partial charge on any atom is -0.464 e. The average molecular weight is 304 g/mol. The van der Waals surface area contributed by atoms with Gasteiger partial charge >= 0.3 is 5.97 Å². The number of hydrogen-bond acceptors (Lipinski definition) is 5. The molecule has 1 aliphatic carbocycles. The Morgan fingerprint density at radius 3 is 2.82 bits per heavy atom. The fourth-order valence-electron chi connectivity index (χ4n) is 3.41. The van der Waals surface area contributed by atoms with Crippen LogP contribution in [-0.2, 0) is 4.74 Å². The first-order valence-corrected chi connectivity index (χ1v) is 8.13. The van der Waals surface area contributed by atoms with E-state index >= 15 is 0 Å². The van der Waals surface area contributed by atoms with E-state index in [-0.39, 0.29) is 0 Å². The van der Waals surface area contributed by atoms with Crippen LogP contribution in [0.25, 0.3) is 0 Å². The lowest BCUT2D eigenvalue weighted by atomic mass is 9.93. The van der Waals surface area contributed by atoms with Gasteiger partial charge in [-0.3, -0.25) is 0 Å². The number of nitrogens with zero attached hydrogens (tertiary/aromatic N) is 4. The third kappa shape index (κ3) is 3.55. The lowest BCUT2D eigenvalue weighted by Crippen LogP contribution is -2.38. The van der Waals surface area contributed by atoms with Crippen LogP contribution in [0.1, 0.15) is 48.6 Å². The normalized spacial score (nSPS) is 23.6. The highest BCUT2D eigenvalue weighted by atomic mass is 16.5. The zero-order valence-electron chi connectivity index (χ0n) is 13.1. The zero-order valence-corrected chi connectivity index (χ0v) is 13.1. The summed E-state index contributed by atoms with van der Waals surface area (Å²) in [6, 6.07) is 0.341. The average Bonchev–Trinajstić information content (AvgIpc) is 3.06. The summed E-state index contributed by atoms with van der Waals surface area (Å²) < 4.78 is 6.50. The van der Waals surface area contributed by atoms with Crippen molar-refractivity contribution in [3.05, 3.63) is 24.0 Å². The highest BCUT2D eigenvalue weighted by Crippen LogP contribution is 2.25. The number of ether oxygens (including phenoxy) is 1. The van der Waals surface area contributed by atoms with Gasteiger partial charge < -0.3 is 9.64 Å². The van der Waals surface area contributed by atoms with E-state index in [1.807, 2.05) is 4.68 Å². The van der Waals surface area contributed by atoms with Gasteiger partial charge in [-0.05, 0) is 38.0 Å². The van der Waals surface area contributed by atoms with E-state index in [0.29, 0.717) is 11.7 Å². The Hall–Kier alpha value is -1.69. The molecule has 0 spiro atoms. The fraction of sp³-hybridized carbons (Fsp3) is 0.688. The molecule has 1 atom stereocenters. The second-order valence-corrected chi connectivity index (χ2v) is 6.26. The van der Waals surface area contributed by atoms with Crippen molar-refractivity contribution in [1.29, 1.82) is 0 Å². The molecule has 22 heavy (non-hydrogen) atoms. The maximum Gasteiger partial charge on any atom is 0.360 e. The standard InChI is InChI=1S/C16H24N4O2/c1-22-16(21)15-12-20(18-17-15)14-7-9-19(10-8-14)11-13-5-3-2-4-6-13/h2-3,12-14H,4-11H2,1H3. The smallest absolute Gasteiger partial charge is 0.360 e. The number of aromatic nitrogens is 3. The Balaban J connectivity index is 1.49. The molecule has 2 aliphatic rings. The topological polar surface area (TPSA) is 60.2 Å². The molecule has 2 heterocycles. The maximum absolute atomic E-state index is 11.4. The van der Waals surface area contributed by atoms with Crippen LogP contribution in [0.15, 0.2) is 18.3 Å². The van der Waals surface area contributed by atoms with Gasteiger partial charge in [0.25, 0.3) is 0 Å². The molecule has 1 saturated heterocycles. The largest absolute Gasteiger partial charge is 0.464 e. The van der Waals surface area contributed by atoms with Crippen LogP contribution >= 0.6 is 0 Å². The zero-order chi connectivity index (χ0) is 15.4. The van der Waals surface area contributed by atoms with Crippen LogP contribution in [0.4, 0.5) is 0 Å². The molecule has 0 amide bonds. The first-order chi connectivity index (χ1) is 10.8. The third-order valence-corrected chi connectivity index (χ3v) is 4.73. The molecular formula is C16H24N4O2. The molecular weight excluding hydrogens is 280 g/mol. The van der Waals surface area contributed by atoms with Gasteiger partial charge in [0, 0.05) is 19.6 Å². The molecule has 1 fully saturated rings. The minimum absolute atomic E-state index is 0.291. The second kappa shape index (κ2) is 7.05. The number of piperidine rings is 1. The molecule has 6 nitrogen and oxygen atoms in total. The molecule has 1 aliphatic heterocycles. The summed E-state index contributed by atoms with van der Waals surface area (Å²) in [6.45, 7) is 3.40. The Bertz CT molecular complexity index is 532. The molecule has 0 saturated carbocycles. The number of likely N-dealkylation sites (tertiary alicyclic amines) is 1. The highest BCUT2D eigenvalue weighted by Gasteiger charge is 2.24. The van der Waals surface area contributed by atoms with Gasteiger partial charge in [-0.2, -0.15) is 0 Å². The SMILES string of the molecule is COC(=O)c1cn(C2CCN(CC3CC=CCC3)CC2)nn1. The molecule has 1 unspecified atom stereocenters. The Kier molecular flexibility index (Phi) is 4.87. The summed E-state index contributed by atoms with van der Waals surface area (Å²) in [5.41, 5.74) is 0.291. The third-order valence-electron chi connectivity index (χ3n) is 4.73. The van der Waals surface area contributed by atoms with Gasteiger partial charge in [0.1, 0.15) is 0 Å². The summed E-state index contributed by atoms with van der Waals surface area (Å²) in [5, 5.41) is 7.98. The molecule has 0 radical (unpaired) electrons. The molecule has 0 bridgehead atoms. The van der Waals surface area contributed by atoms with Gasteiger partial charge in [-0.15, -0.1) is 5.10 Å². The van der Waals surface area contributed by atoms with Crippen molar-refractivity contribution in [3.63, 3.8) is 0 Å². The molecule has 1 aromatic heterocycles. The fourth-order valence-corrected chi connectivity index (χ4v) is 3.41. The van der Waals surface area contributed by atoms with Crippen LogP contribution in [0.5, 0.6) is 0 Å². The number of methoxy groups -OCH3 is 1. The van der Waals surface area contributed by atoms with Crippen molar-refractivity contribution >= 4 is 5.97 Å². The minimum atomic E-state index is -0.422. The van der Waals surface area contributed by atoms with Crippen molar-refractivity contribution < 1.29 is 9.53 Å². The number of allylic oxidation sites excluding steroid dienone is 2. The first kappa shape index (κ1) is 15.2. The molecule has 6 heteroatoms. The predicted molar refractivity (Wildman–Crippen MR) is 82.6 cm³/mol. The van der Waals surface area contributed by atoms with E-state index in [4.69, 9.17) is 0 Å². The lowest BCUT2D eigenvalue weighted by Gasteiger charge is -2.34. The van der Waals surface area contributed by atoms with Gasteiger partial charge in [-0.25, -0.2) is 9.48 Å². The second-order valence-electron chi connectivity index (χ2n) is 6.26. The first-order valence-electron chi connectivity index (χ1n) is 8.13. The van der Waals surface area contributed by atoms with E-state index in [0.717, 1.165) is 31.8 Å². The Morgan fingerprint density at radius 1 is 1.32 bits per heavy atom. The number of carbonyl (C=O) groups excluding carboxylic acids is 1. The number of hydrogen-bond donors (Lipinski definition) is 0. The van der Waals surface area contributed by atoms with Crippen molar-refractivity contribution in [2.75, 3.05) is 26.7 Å². The Morgan fingerprint density at radius 2 is 2.14 bits per heavy atom. The number of esters is 1. The van der Waals surface area contributed by atoms with Gasteiger partial charge in [0.15, 0.2) is 5.69 Å². The van der Waals surface area contributed by atoms with E-state index < -0.39 is 5.97 Å². The predicted octanol–water partition coefficient (Wildman–Crippen LogP) is 2.06. The van der Waals surface area contributed by atoms with Gasteiger partial charge in [-0.1, -0.05) is 17.4 Å². The lowest BCUT2D eigenvalue weighted by molar-refractivity contribution is 0.0594. The summed E-state index contributed by atoms with van der Waals surface area (Å²) in [4.78, 5) is 14.0. The van der Waals surface area contributed by atoms with E-state index in [1.165, 1.54) is 32.9 Å². The molecule has 120 valence electrons. The van der Waals surface area contributed by atoms with Crippen molar-refractivity contribution in [1.82, 2.24) is 19.9 Å². The quantitative estimate of drug-likeness (QED) is 0.629. The van der Waals surface area contributed by atoms with Crippen molar-refractivity contribution in [3.8, 4) is 0 Å². The number of carbonyl (C=O) groups is 1. The summed E-state index contributed by atoms with van der Waals surface area (Å²) in [5.74, 6) is 0.396.